The smallest absolute Gasteiger partial charge is 0.145 e. The summed E-state index contributed by atoms with van der Waals surface area (Å²) in [6, 6.07) is 0. The van der Waals surface area contributed by atoms with Crippen molar-refractivity contribution in [2.75, 3.05) is 0 Å². The maximum Gasteiger partial charge on any atom is 0.145 e. The van der Waals surface area contributed by atoms with Crippen molar-refractivity contribution in [1.82, 2.24) is 4.98 Å². The molecule has 0 aliphatic heterocycles. The fraction of sp³-hybridized carbons (Fsp3) is 0.250. The lowest BCUT2D eigenvalue weighted by molar-refractivity contribution is 0.280. The van der Waals surface area contributed by atoms with Crippen LogP contribution in [0.3, 0.4) is 0 Å². The highest BCUT2D eigenvalue weighted by molar-refractivity contribution is 5.85. The molecule has 1 rings (SSSR count). The number of hydrogen-bond donors (Lipinski definition) is 3. The monoisotopic (exact) mass is 181 g/mol. The molecule has 1 aromatic heterocycles. The van der Waals surface area contributed by atoms with Gasteiger partial charge in [-0.25, -0.2) is 0 Å². The minimum atomic E-state index is -0.206. The Kier molecular flexibility index (Phi) is 2.81. The Morgan fingerprint density at radius 1 is 1.69 bits per heavy atom. The molecule has 0 spiro atoms. The van der Waals surface area contributed by atoms with E-state index in [1.165, 1.54) is 12.4 Å². The molecule has 0 bridgehead atoms. The quantitative estimate of drug-likeness (QED) is 0.337. The molecule has 70 valence electrons. The Labute approximate surface area is 75.5 Å². The van der Waals surface area contributed by atoms with Crippen molar-refractivity contribution in [2.45, 2.75) is 13.5 Å². The van der Waals surface area contributed by atoms with Gasteiger partial charge in [-0.1, -0.05) is 0 Å². The third kappa shape index (κ3) is 1.75. The van der Waals surface area contributed by atoms with Crippen LogP contribution >= 0.6 is 0 Å². The molecule has 1 aromatic rings. The number of aliphatic hydroxyl groups excluding tert-OH is 1. The Balaban J connectivity index is 3.32. The number of aromatic nitrogens is 1. The normalized spacial score (nSPS) is 10.9. The highest BCUT2D eigenvalue weighted by Gasteiger charge is 2.08. The predicted molar refractivity (Wildman–Crippen MR) is 48.3 cm³/mol. The number of rotatable bonds is 2. The Morgan fingerprint density at radius 2 is 2.38 bits per heavy atom. The van der Waals surface area contributed by atoms with E-state index in [4.69, 9.17) is 10.9 Å². The summed E-state index contributed by atoms with van der Waals surface area (Å²) in [6.07, 6.45) is 2.77. The maximum absolute atomic E-state index is 9.52. The van der Waals surface area contributed by atoms with Crippen molar-refractivity contribution in [3.05, 3.63) is 23.0 Å². The van der Waals surface area contributed by atoms with E-state index in [2.05, 4.69) is 10.1 Å². The van der Waals surface area contributed by atoms with Crippen molar-refractivity contribution in [3.8, 4) is 5.75 Å². The lowest BCUT2D eigenvalue weighted by Crippen LogP contribution is -1.99. The topological polar surface area (TPSA) is 91.7 Å². The second-order valence-corrected chi connectivity index (χ2v) is 2.57. The first-order chi connectivity index (χ1) is 6.20. The largest absolute Gasteiger partial charge is 0.505 e. The van der Waals surface area contributed by atoms with Crippen molar-refractivity contribution in [3.63, 3.8) is 0 Å². The van der Waals surface area contributed by atoms with Gasteiger partial charge >= 0.3 is 0 Å². The molecule has 0 unspecified atom stereocenters. The fourth-order valence-corrected chi connectivity index (χ4v) is 0.997. The van der Waals surface area contributed by atoms with E-state index in [1.807, 2.05) is 0 Å². The summed E-state index contributed by atoms with van der Waals surface area (Å²) >= 11 is 0. The van der Waals surface area contributed by atoms with Gasteiger partial charge in [0.05, 0.1) is 18.5 Å². The summed E-state index contributed by atoms with van der Waals surface area (Å²) in [5, 5.41) is 21.7. The summed E-state index contributed by atoms with van der Waals surface area (Å²) in [5.74, 6) is 4.96. The molecule has 0 saturated carbocycles. The lowest BCUT2D eigenvalue weighted by atomic mass is 10.1. The van der Waals surface area contributed by atoms with Gasteiger partial charge in [0.15, 0.2) is 0 Å². The van der Waals surface area contributed by atoms with Gasteiger partial charge in [-0.15, -0.1) is 0 Å². The Morgan fingerprint density at radius 3 is 2.92 bits per heavy atom. The number of nitrogens with two attached hydrogens (primary N) is 1. The second kappa shape index (κ2) is 3.86. The number of aromatic hydroxyl groups is 1. The van der Waals surface area contributed by atoms with Crippen LogP contribution in [0.5, 0.6) is 5.75 Å². The SMILES string of the molecule is Cc1ncc(CO)c(C=NN)c1O. The summed E-state index contributed by atoms with van der Waals surface area (Å²) in [4.78, 5) is 3.88. The minimum Gasteiger partial charge on any atom is -0.505 e. The average Bonchev–Trinajstić information content (AvgIpc) is 2.14. The van der Waals surface area contributed by atoms with Gasteiger partial charge in [0.25, 0.3) is 0 Å². The average molecular weight is 181 g/mol. The van der Waals surface area contributed by atoms with Crippen molar-refractivity contribution < 1.29 is 10.2 Å². The third-order valence-corrected chi connectivity index (χ3v) is 1.73. The van der Waals surface area contributed by atoms with E-state index in [-0.39, 0.29) is 12.4 Å². The van der Waals surface area contributed by atoms with Crippen molar-refractivity contribution >= 4 is 6.21 Å². The molecule has 0 radical (unpaired) electrons. The van der Waals surface area contributed by atoms with Gasteiger partial charge in [0, 0.05) is 17.3 Å². The molecule has 4 N–H and O–H groups in total. The summed E-state index contributed by atoms with van der Waals surface area (Å²) in [5.41, 5.74) is 1.39. The number of pyridine rings is 1. The fourth-order valence-electron chi connectivity index (χ4n) is 0.997. The molecule has 0 fully saturated rings. The van der Waals surface area contributed by atoms with E-state index >= 15 is 0 Å². The zero-order chi connectivity index (χ0) is 9.84. The molecule has 0 atom stereocenters. The van der Waals surface area contributed by atoms with Gasteiger partial charge in [-0.05, 0) is 6.92 Å². The molecule has 0 aliphatic carbocycles. The lowest BCUT2D eigenvalue weighted by Gasteiger charge is -2.05. The van der Waals surface area contributed by atoms with Gasteiger partial charge in [0.1, 0.15) is 5.75 Å². The number of hydrogen-bond acceptors (Lipinski definition) is 5. The van der Waals surface area contributed by atoms with Crippen LogP contribution in [0.15, 0.2) is 11.3 Å². The molecule has 13 heavy (non-hydrogen) atoms. The highest BCUT2D eigenvalue weighted by atomic mass is 16.3. The molecule has 0 aliphatic rings. The van der Waals surface area contributed by atoms with Gasteiger partial charge in [-0.2, -0.15) is 5.10 Å². The standard InChI is InChI=1S/C8H11N3O2/c1-5-8(13)7(3-11-9)6(4-12)2-10-5/h2-3,12-13H,4,9H2,1H3. The molecular formula is C8H11N3O2. The highest BCUT2D eigenvalue weighted by Crippen LogP contribution is 2.21. The molecule has 0 aromatic carbocycles. The van der Waals surface area contributed by atoms with Crippen LogP contribution in [0.1, 0.15) is 16.8 Å². The molecule has 5 heteroatoms. The first kappa shape index (κ1) is 9.47. The zero-order valence-corrected chi connectivity index (χ0v) is 7.23. The van der Waals surface area contributed by atoms with Crippen molar-refractivity contribution in [1.29, 1.82) is 0 Å². The number of aryl methyl sites for hydroxylation is 1. The summed E-state index contributed by atoms with van der Waals surface area (Å²) in [6.45, 7) is 1.45. The van der Waals surface area contributed by atoms with Gasteiger partial charge in [-0.3, -0.25) is 4.98 Å². The minimum absolute atomic E-state index is 0.000694. The zero-order valence-electron chi connectivity index (χ0n) is 7.23. The maximum atomic E-state index is 9.52. The van der Waals surface area contributed by atoms with Gasteiger partial charge < -0.3 is 16.1 Å². The van der Waals surface area contributed by atoms with Crippen LogP contribution in [-0.4, -0.2) is 21.4 Å². The summed E-state index contributed by atoms with van der Waals surface area (Å²) in [7, 11) is 0. The third-order valence-electron chi connectivity index (χ3n) is 1.73. The van der Waals surface area contributed by atoms with E-state index in [9.17, 15) is 5.11 Å². The van der Waals surface area contributed by atoms with E-state index in [0.29, 0.717) is 16.8 Å². The van der Waals surface area contributed by atoms with Crippen LogP contribution in [0.25, 0.3) is 0 Å². The Hall–Kier alpha value is -1.62. The van der Waals surface area contributed by atoms with E-state index in [0.717, 1.165) is 0 Å². The van der Waals surface area contributed by atoms with E-state index in [1.54, 1.807) is 6.92 Å². The molecule has 5 nitrogen and oxygen atoms in total. The van der Waals surface area contributed by atoms with Crippen molar-refractivity contribution in [2.24, 2.45) is 10.9 Å². The molecule has 0 saturated heterocycles. The number of nitrogens with zero attached hydrogens (tertiary/aromatic N) is 2. The summed E-state index contributed by atoms with van der Waals surface area (Å²) < 4.78 is 0. The number of aliphatic hydroxyl groups is 1. The van der Waals surface area contributed by atoms with Crippen LogP contribution in [0.2, 0.25) is 0 Å². The molecule has 1 heterocycles. The van der Waals surface area contributed by atoms with Crippen LogP contribution in [0, 0.1) is 6.92 Å². The molecular weight excluding hydrogens is 170 g/mol. The number of hydrazone groups is 1. The molecule has 0 amide bonds. The van der Waals surface area contributed by atoms with Crippen LogP contribution < -0.4 is 5.84 Å². The van der Waals surface area contributed by atoms with Gasteiger partial charge in [0.2, 0.25) is 0 Å². The van der Waals surface area contributed by atoms with Crippen LogP contribution in [0.4, 0.5) is 0 Å². The second-order valence-electron chi connectivity index (χ2n) is 2.57. The first-order valence-electron chi connectivity index (χ1n) is 3.72. The first-order valence-corrected chi connectivity index (χ1v) is 3.72. The van der Waals surface area contributed by atoms with E-state index < -0.39 is 0 Å². The predicted octanol–water partition coefficient (Wildman–Crippen LogP) is -0.119. The van der Waals surface area contributed by atoms with Crippen LogP contribution in [-0.2, 0) is 6.61 Å². The Bertz CT molecular complexity index is 336.